The maximum atomic E-state index is 13.8. The van der Waals surface area contributed by atoms with Gasteiger partial charge < -0.3 is 10.1 Å². The number of rotatable bonds is 3. The lowest BCUT2D eigenvalue weighted by Gasteiger charge is -2.36. The van der Waals surface area contributed by atoms with E-state index in [2.05, 4.69) is 5.32 Å². The quantitative estimate of drug-likeness (QED) is 0.871. The first-order valence-corrected chi connectivity index (χ1v) is 7.94. The van der Waals surface area contributed by atoms with Crippen molar-refractivity contribution in [2.45, 2.75) is 44.7 Å². The average molecular weight is 320 g/mol. The van der Waals surface area contributed by atoms with E-state index >= 15 is 0 Å². The zero-order valence-corrected chi connectivity index (χ0v) is 13.4. The van der Waals surface area contributed by atoms with E-state index in [0.717, 1.165) is 19.3 Å². The van der Waals surface area contributed by atoms with E-state index in [1.807, 2.05) is 6.92 Å². The smallest absolute Gasteiger partial charge is 0.325 e. The second kappa shape index (κ2) is 5.83. The number of halogens is 1. The topological polar surface area (TPSA) is 58.6 Å². The minimum Gasteiger partial charge on any atom is -0.494 e. The molecular weight excluding hydrogens is 299 g/mol. The van der Waals surface area contributed by atoms with Gasteiger partial charge >= 0.3 is 6.03 Å². The highest BCUT2D eigenvalue weighted by molar-refractivity contribution is 6.07. The Kier molecular flexibility index (Phi) is 4.00. The maximum absolute atomic E-state index is 13.8. The number of hydrogen-bond acceptors (Lipinski definition) is 3. The summed E-state index contributed by atoms with van der Waals surface area (Å²) < 4.78 is 18.7. The van der Waals surface area contributed by atoms with E-state index in [9.17, 15) is 14.0 Å². The number of ether oxygens (including phenoxy) is 1. The third-order valence-corrected chi connectivity index (χ3v) is 5.06. The number of amides is 3. The molecule has 2 atom stereocenters. The van der Waals surface area contributed by atoms with Crippen molar-refractivity contribution in [2.24, 2.45) is 5.92 Å². The summed E-state index contributed by atoms with van der Waals surface area (Å²) in [5.74, 6) is -0.433. The van der Waals surface area contributed by atoms with Crippen molar-refractivity contribution in [1.29, 1.82) is 0 Å². The summed E-state index contributed by atoms with van der Waals surface area (Å²) in [5.41, 5.74) is -0.215. The van der Waals surface area contributed by atoms with Crippen LogP contribution in [-0.2, 0) is 11.3 Å². The molecule has 124 valence electrons. The number of nitrogens with one attached hydrogen (secondary N) is 1. The fourth-order valence-corrected chi connectivity index (χ4v) is 3.63. The summed E-state index contributed by atoms with van der Waals surface area (Å²) in [7, 11) is 1.39. The number of carbonyl (C=O) groups excluding carboxylic acids is 2. The molecule has 0 radical (unpaired) electrons. The van der Waals surface area contributed by atoms with Gasteiger partial charge in [-0.2, -0.15) is 0 Å². The Morgan fingerprint density at radius 3 is 2.83 bits per heavy atom. The Morgan fingerprint density at radius 2 is 2.17 bits per heavy atom. The van der Waals surface area contributed by atoms with Crippen LogP contribution < -0.4 is 10.1 Å². The van der Waals surface area contributed by atoms with Gasteiger partial charge in [-0.3, -0.25) is 9.69 Å². The molecule has 1 heterocycles. The van der Waals surface area contributed by atoms with E-state index in [-0.39, 0.29) is 30.2 Å². The molecule has 3 amide bonds. The van der Waals surface area contributed by atoms with Crippen molar-refractivity contribution in [3.05, 3.63) is 29.6 Å². The zero-order chi connectivity index (χ0) is 16.6. The van der Waals surface area contributed by atoms with E-state index in [0.29, 0.717) is 12.0 Å². The van der Waals surface area contributed by atoms with Gasteiger partial charge in [-0.05, 0) is 36.5 Å². The fraction of sp³-hybridized carbons (Fsp3) is 0.529. The molecule has 1 aromatic carbocycles. The maximum Gasteiger partial charge on any atom is 0.325 e. The van der Waals surface area contributed by atoms with Crippen LogP contribution in [0.5, 0.6) is 5.75 Å². The van der Waals surface area contributed by atoms with Crippen molar-refractivity contribution in [1.82, 2.24) is 10.2 Å². The van der Waals surface area contributed by atoms with Crippen molar-refractivity contribution in [3.63, 3.8) is 0 Å². The molecule has 0 bridgehead atoms. The van der Waals surface area contributed by atoms with Crippen molar-refractivity contribution in [2.75, 3.05) is 7.11 Å². The van der Waals surface area contributed by atoms with E-state index < -0.39 is 11.4 Å². The molecule has 1 spiro atoms. The second-order valence-corrected chi connectivity index (χ2v) is 6.41. The first-order chi connectivity index (χ1) is 11.0. The van der Waals surface area contributed by atoms with Crippen LogP contribution >= 0.6 is 0 Å². The number of imide groups is 1. The number of nitrogens with zero attached hydrogens (tertiary/aromatic N) is 1. The summed E-state index contributed by atoms with van der Waals surface area (Å²) in [6, 6.07) is 4.08. The standard InChI is InChI=1S/C17H21FN2O3/c1-11-5-3-4-8-17(11)15(21)20(16(22)19-17)10-12-6-7-14(23-2)13(18)9-12/h6-7,9,11H,3-5,8,10H2,1-2H3,(H,19,22)/t11-,17+/m1/s1. The molecule has 1 aliphatic heterocycles. The summed E-state index contributed by atoms with van der Waals surface area (Å²) in [6.07, 6.45) is 3.61. The molecule has 2 fully saturated rings. The molecule has 23 heavy (non-hydrogen) atoms. The molecule has 1 N–H and O–H groups in total. The van der Waals surface area contributed by atoms with E-state index in [1.54, 1.807) is 6.07 Å². The van der Waals surface area contributed by atoms with Crippen molar-refractivity contribution < 1.29 is 18.7 Å². The Labute approximate surface area is 134 Å². The third kappa shape index (κ3) is 2.56. The van der Waals surface area contributed by atoms with Crippen LogP contribution in [0.4, 0.5) is 9.18 Å². The molecular formula is C17H21FN2O3. The Bertz CT molecular complexity index is 649. The predicted octanol–water partition coefficient (Wildman–Crippen LogP) is 2.84. The largest absolute Gasteiger partial charge is 0.494 e. The molecule has 3 rings (SSSR count). The SMILES string of the molecule is COc1ccc(CN2C(=O)N[C@]3(CCCC[C@H]3C)C2=O)cc1F. The summed E-state index contributed by atoms with van der Waals surface area (Å²) >= 11 is 0. The number of carbonyl (C=O) groups is 2. The number of methoxy groups -OCH3 is 1. The summed E-state index contributed by atoms with van der Waals surface area (Å²) in [4.78, 5) is 26.3. The van der Waals surface area contributed by atoms with Crippen LogP contribution in [0.1, 0.15) is 38.2 Å². The zero-order valence-electron chi connectivity index (χ0n) is 13.4. The molecule has 1 saturated carbocycles. The van der Waals surface area contributed by atoms with Crippen LogP contribution in [0.2, 0.25) is 0 Å². The van der Waals surface area contributed by atoms with Gasteiger partial charge in [0.15, 0.2) is 11.6 Å². The Balaban J connectivity index is 1.82. The average Bonchev–Trinajstić information content (AvgIpc) is 2.76. The lowest BCUT2D eigenvalue weighted by Crippen LogP contribution is -2.53. The van der Waals surface area contributed by atoms with Crippen LogP contribution in [0.3, 0.4) is 0 Å². The van der Waals surface area contributed by atoms with Crippen molar-refractivity contribution >= 4 is 11.9 Å². The molecule has 1 aromatic rings. The van der Waals surface area contributed by atoms with Crippen LogP contribution in [0, 0.1) is 11.7 Å². The van der Waals surface area contributed by atoms with Gasteiger partial charge in [0.25, 0.3) is 5.91 Å². The molecule has 0 unspecified atom stereocenters. The Morgan fingerprint density at radius 1 is 1.39 bits per heavy atom. The van der Waals surface area contributed by atoms with E-state index in [4.69, 9.17) is 4.74 Å². The fourth-order valence-electron chi connectivity index (χ4n) is 3.63. The van der Waals surface area contributed by atoms with Gasteiger partial charge in [-0.15, -0.1) is 0 Å². The lowest BCUT2D eigenvalue weighted by molar-refractivity contribution is -0.134. The third-order valence-electron chi connectivity index (χ3n) is 5.06. The molecule has 0 aromatic heterocycles. The molecule has 2 aliphatic rings. The number of urea groups is 1. The number of benzene rings is 1. The summed E-state index contributed by atoms with van der Waals surface area (Å²) in [6.45, 7) is 2.08. The molecule has 6 heteroatoms. The van der Waals surface area contributed by atoms with Gasteiger partial charge in [0, 0.05) is 0 Å². The van der Waals surface area contributed by atoms with Gasteiger partial charge in [0.1, 0.15) is 5.54 Å². The van der Waals surface area contributed by atoms with Gasteiger partial charge in [-0.25, -0.2) is 9.18 Å². The van der Waals surface area contributed by atoms with Gasteiger partial charge in [0.05, 0.1) is 13.7 Å². The molecule has 5 nitrogen and oxygen atoms in total. The highest BCUT2D eigenvalue weighted by atomic mass is 19.1. The summed E-state index contributed by atoms with van der Waals surface area (Å²) in [5, 5.41) is 2.90. The van der Waals surface area contributed by atoms with Gasteiger partial charge in [-0.1, -0.05) is 25.8 Å². The van der Waals surface area contributed by atoms with Crippen molar-refractivity contribution in [3.8, 4) is 5.75 Å². The normalized spacial score (nSPS) is 27.4. The monoisotopic (exact) mass is 320 g/mol. The minimum atomic E-state index is -0.777. The predicted molar refractivity (Wildman–Crippen MR) is 82.4 cm³/mol. The highest BCUT2D eigenvalue weighted by Crippen LogP contribution is 2.38. The Hall–Kier alpha value is -2.11. The first kappa shape index (κ1) is 15.8. The highest BCUT2D eigenvalue weighted by Gasteiger charge is 2.54. The molecule has 1 aliphatic carbocycles. The van der Waals surface area contributed by atoms with Crippen LogP contribution in [-0.4, -0.2) is 29.5 Å². The minimum absolute atomic E-state index is 0.0695. The number of hydrogen-bond donors (Lipinski definition) is 1. The second-order valence-electron chi connectivity index (χ2n) is 6.41. The van der Waals surface area contributed by atoms with Gasteiger partial charge in [0.2, 0.25) is 0 Å². The van der Waals surface area contributed by atoms with Crippen LogP contribution in [0.25, 0.3) is 0 Å². The van der Waals surface area contributed by atoms with E-state index in [1.165, 1.54) is 24.1 Å². The molecule has 1 saturated heterocycles. The lowest BCUT2D eigenvalue weighted by atomic mass is 9.73. The van der Waals surface area contributed by atoms with Crippen LogP contribution in [0.15, 0.2) is 18.2 Å². The first-order valence-electron chi connectivity index (χ1n) is 7.94.